The Kier molecular flexibility index (Phi) is 3.95. The van der Waals surface area contributed by atoms with Gasteiger partial charge < -0.3 is 10.2 Å². The monoisotopic (exact) mass is 389 g/mol. The van der Waals surface area contributed by atoms with Crippen LogP contribution in [0.2, 0.25) is 0 Å². The molecule has 0 unspecified atom stereocenters. The van der Waals surface area contributed by atoms with Crippen LogP contribution >= 0.6 is 0 Å². The molecule has 0 atom stereocenters. The lowest BCUT2D eigenvalue weighted by atomic mass is 10.0. The van der Waals surface area contributed by atoms with Crippen LogP contribution in [0.1, 0.15) is 5.56 Å². The Morgan fingerprint density at radius 1 is 1.00 bits per heavy atom. The van der Waals surface area contributed by atoms with E-state index >= 15 is 0 Å². The second kappa shape index (κ2) is 5.98. The number of aromatic amines is 1. The highest BCUT2D eigenvalue weighted by molar-refractivity contribution is 6.08. The van der Waals surface area contributed by atoms with Gasteiger partial charge in [0.05, 0.1) is 17.3 Å². The summed E-state index contributed by atoms with van der Waals surface area (Å²) in [6.07, 6.45) is -4.61. The summed E-state index contributed by atoms with van der Waals surface area (Å²) in [5.74, 6) is -6.53. The van der Waals surface area contributed by atoms with E-state index in [4.69, 9.17) is 0 Å². The molecule has 27 heavy (non-hydrogen) atoms. The molecule has 1 aliphatic heterocycles. The fourth-order valence-corrected chi connectivity index (χ4v) is 3.20. The minimum atomic E-state index is -5.91. The van der Waals surface area contributed by atoms with Gasteiger partial charge in [0.25, 0.3) is 0 Å². The largest absolute Gasteiger partial charge is 0.458 e. The molecular weight excluding hydrogens is 376 g/mol. The molecule has 3 heterocycles. The van der Waals surface area contributed by atoms with Gasteiger partial charge in [0, 0.05) is 43.0 Å². The molecule has 1 fully saturated rings. The average Bonchev–Trinajstić information content (AvgIpc) is 3.10. The molecule has 5 nitrogen and oxygen atoms in total. The maximum absolute atomic E-state index is 14.2. The number of benzene rings is 1. The van der Waals surface area contributed by atoms with Crippen molar-refractivity contribution in [1.29, 1.82) is 0 Å². The average molecular weight is 389 g/mol. The number of rotatable bonds is 2. The molecule has 11 heteroatoms. The summed E-state index contributed by atoms with van der Waals surface area (Å²) in [6.45, 7) is 2.61. The predicted octanol–water partition coefficient (Wildman–Crippen LogP) is 3.31. The van der Waals surface area contributed by atoms with Crippen molar-refractivity contribution in [3.63, 3.8) is 0 Å². The standard InChI is InChI=1S/C16H13F6N5/c17-11-6-12-8(5-10(11)15(18,19)16(20,21)22)9-7-24-26-13(9)14(25-12)27-3-1-23-2-4-27/h5-7,23H,1-4H2,(H,24,26). The van der Waals surface area contributed by atoms with E-state index in [1.54, 1.807) is 0 Å². The topological polar surface area (TPSA) is 56.8 Å². The molecule has 2 aromatic heterocycles. The number of fused-ring (bicyclic) bond motifs is 3. The Morgan fingerprint density at radius 2 is 1.70 bits per heavy atom. The van der Waals surface area contributed by atoms with E-state index in [-0.39, 0.29) is 10.9 Å². The Labute approximate surface area is 148 Å². The summed E-state index contributed by atoms with van der Waals surface area (Å²) in [5.41, 5.74) is -1.35. The summed E-state index contributed by atoms with van der Waals surface area (Å²) >= 11 is 0. The molecule has 1 saturated heterocycles. The van der Waals surface area contributed by atoms with Gasteiger partial charge in [-0.3, -0.25) is 5.10 Å². The number of aromatic nitrogens is 3. The van der Waals surface area contributed by atoms with E-state index in [1.807, 2.05) is 4.90 Å². The van der Waals surface area contributed by atoms with E-state index in [1.165, 1.54) is 6.20 Å². The summed E-state index contributed by atoms with van der Waals surface area (Å²) in [5, 5.41) is 10.00. The van der Waals surface area contributed by atoms with Crippen molar-refractivity contribution in [2.24, 2.45) is 0 Å². The fourth-order valence-electron chi connectivity index (χ4n) is 3.20. The third-order valence-electron chi connectivity index (χ3n) is 4.58. The smallest absolute Gasteiger partial charge is 0.352 e. The van der Waals surface area contributed by atoms with Crippen molar-refractivity contribution >= 4 is 27.6 Å². The van der Waals surface area contributed by atoms with Gasteiger partial charge in [0.15, 0.2) is 5.82 Å². The normalized spacial score (nSPS) is 16.4. The van der Waals surface area contributed by atoms with E-state index in [0.29, 0.717) is 55.0 Å². The molecule has 4 rings (SSSR count). The first-order valence-electron chi connectivity index (χ1n) is 8.07. The van der Waals surface area contributed by atoms with Crippen LogP contribution in [0.3, 0.4) is 0 Å². The van der Waals surface area contributed by atoms with Gasteiger partial charge in [0.2, 0.25) is 0 Å². The number of hydrogen-bond acceptors (Lipinski definition) is 4. The van der Waals surface area contributed by atoms with Crippen LogP contribution in [0.5, 0.6) is 0 Å². The van der Waals surface area contributed by atoms with Crippen LogP contribution in [0, 0.1) is 5.82 Å². The summed E-state index contributed by atoms with van der Waals surface area (Å²) in [7, 11) is 0. The zero-order chi connectivity index (χ0) is 19.4. The van der Waals surface area contributed by atoms with Crippen LogP contribution in [-0.2, 0) is 5.92 Å². The SMILES string of the molecule is Fc1cc2nc(N3CCNCC3)c3[nH]ncc3c2cc1C(F)(F)C(F)(F)F. The lowest BCUT2D eigenvalue weighted by Crippen LogP contribution is -2.44. The second-order valence-electron chi connectivity index (χ2n) is 6.25. The second-order valence-corrected chi connectivity index (χ2v) is 6.25. The van der Waals surface area contributed by atoms with Crippen LogP contribution in [0.15, 0.2) is 18.3 Å². The van der Waals surface area contributed by atoms with Crippen molar-refractivity contribution in [3.05, 3.63) is 29.7 Å². The predicted molar refractivity (Wildman–Crippen MR) is 86.4 cm³/mol. The molecule has 0 amide bonds. The van der Waals surface area contributed by atoms with E-state index in [0.717, 1.165) is 0 Å². The number of H-pyrrole nitrogens is 1. The van der Waals surface area contributed by atoms with Gasteiger partial charge in [-0.25, -0.2) is 9.37 Å². The molecule has 0 bridgehead atoms. The molecular formula is C16H13F6N5. The third kappa shape index (κ3) is 2.76. The number of piperazine rings is 1. The lowest BCUT2D eigenvalue weighted by molar-refractivity contribution is -0.290. The molecule has 1 aromatic carbocycles. The van der Waals surface area contributed by atoms with Crippen molar-refractivity contribution < 1.29 is 26.3 Å². The summed E-state index contributed by atoms with van der Waals surface area (Å²) < 4.78 is 79.7. The van der Waals surface area contributed by atoms with Gasteiger partial charge in [-0.2, -0.15) is 27.1 Å². The first-order valence-corrected chi connectivity index (χ1v) is 8.07. The molecule has 144 valence electrons. The van der Waals surface area contributed by atoms with Crippen molar-refractivity contribution in [2.45, 2.75) is 12.1 Å². The highest BCUT2D eigenvalue weighted by atomic mass is 19.4. The number of anilines is 1. The summed E-state index contributed by atoms with van der Waals surface area (Å²) in [4.78, 5) is 6.22. The molecule has 0 radical (unpaired) electrons. The Bertz CT molecular complexity index is 1010. The highest BCUT2D eigenvalue weighted by Crippen LogP contribution is 2.46. The first-order chi connectivity index (χ1) is 12.7. The summed E-state index contributed by atoms with van der Waals surface area (Å²) in [6, 6.07) is 1.12. The van der Waals surface area contributed by atoms with Gasteiger partial charge in [-0.1, -0.05) is 0 Å². The van der Waals surface area contributed by atoms with Crippen molar-refractivity contribution in [1.82, 2.24) is 20.5 Å². The van der Waals surface area contributed by atoms with Gasteiger partial charge in [0.1, 0.15) is 11.3 Å². The minimum absolute atomic E-state index is 0.0170. The van der Waals surface area contributed by atoms with E-state index in [9.17, 15) is 26.3 Å². The van der Waals surface area contributed by atoms with Crippen LogP contribution < -0.4 is 10.2 Å². The first kappa shape index (κ1) is 17.8. The molecule has 1 aliphatic rings. The molecule has 3 aromatic rings. The lowest BCUT2D eigenvalue weighted by Gasteiger charge is -2.29. The van der Waals surface area contributed by atoms with Gasteiger partial charge in [-0.05, 0) is 6.07 Å². The number of nitrogens with zero attached hydrogens (tertiary/aromatic N) is 3. The Balaban J connectivity index is 1.95. The van der Waals surface area contributed by atoms with E-state index < -0.39 is 23.5 Å². The fraction of sp³-hybridized carbons (Fsp3) is 0.375. The van der Waals surface area contributed by atoms with Crippen LogP contribution in [0.4, 0.5) is 32.2 Å². The zero-order valence-electron chi connectivity index (χ0n) is 13.7. The Morgan fingerprint density at radius 3 is 2.37 bits per heavy atom. The maximum Gasteiger partial charge on any atom is 0.458 e. The number of halogens is 6. The quantitative estimate of drug-likeness (QED) is 0.661. The van der Waals surface area contributed by atoms with Crippen molar-refractivity contribution in [2.75, 3.05) is 31.1 Å². The third-order valence-corrected chi connectivity index (χ3v) is 4.58. The van der Waals surface area contributed by atoms with E-state index in [2.05, 4.69) is 20.5 Å². The number of nitrogens with one attached hydrogen (secondary N) is 2. The number of hydrogen-bond donors (Lipinski definition) is 2. The van der Waals surface area contributed by atoms with Gasteiger partial charge in [-0.15, -0.1) is 0 Å². The Hall–Kier alpha value is -2.56. The number of pyridine rings is 1. The van der Waals surface area contributed by atoms with Crippen LogP contribution in [-0.4, -0.2) is 47.5 Å². The minimum Gasteiger partial charge on any atom is -0.352 e. The van der Waals surface area contributed by atoms with Gasteiger partial charge >= 0.3 is 12.1 Å². The van der Waals surface area contributed by atoms with Crippen LogP contribution in [0.25, 0.3) is 21.8 Å². The molecule has 0 spiro atoms. The highest BCUT2D eigenvalue weighted by Gasteiger charge is 2.60. The molecule has 2 N–H and O–H groups in total. The zero-order valence-corrected chi connectivity index (χ0v) is 13.7. The van der Waals surface area contributed by atoms with Crippen molar-refractivity contribution in [3.8, 4) is 0 Å². The molecule has 0 saturated carbocycles. The molecule has 0 aliphatic carbocycles. The maximum atomic E-state index is 14.2. The number of alkyl halides is 5.